The number of anilines is 1. The fourth-order valence-corrected chi connectivity index (χ4v) is 4.51. The zero-order valence-electron chi connectivity index (χ0n) is 15.5. The number of benzene rings is 2. The lowest BCUT2D eigenvalue weighted by atomic mass is 10.1. The van der Waals surface area contributed by atoms with Crippen LogP contribution in [0.1, 0.15) is 33.6 Å². The smallest absolute Gasteiger partial charge is 0.410 e. The molecule has 2 heterocycles. The molecule has 138 valence electrons. The van der Waals surface area contributed by atoms with E-state index in [0.717, 1.165) is 30.4 Å². The molecule has 2 fully saturated rings. The largest absolute Gasteiger partial charge is 0.444 e. The number of hydrogen-bond acceptors (Lipinski definition) is 3. The third kappa shape index (κ3) is 3.41. The normalized spacial score (nSPS) is 22.8. The van der Waals surface area contributed by atoms with Crippen molar-refractivity contribution in [2.75, 3.05) is 18.0 Å². The van der Waals surface area contributed by atoms with Crippen LogP contribution in [0.5, 0.6) is 0 Å². The molecular weight excluding hydrogens is 392 g/mol. The number of fused-ring (bicyclic) bond motifs is 3. The minimum Gasteiger partial charge on any atom is -0.444 e. The highest BCUT2D eigenvalue weighted by molar-refractivity contribution is 9.10. The van der Waals surface area contributed by atoms with Crippen LogP contribution in [0.25, 0.3) is 10.8 Å². The predicted octanol–water partition coefficient (Wildman–Crippen LogP) is 5.19. The molecule has 2 aromatic rings. The van der Waals surface area contributed by atoms with Crippen molar-refractivity contribution in [3.05, 3.63) is 40.9 Å². The molecule has 1 amide bonds. The van der Waals surface area contributed by atoms with Crippen molar-refractivity contribution in [3.8, 4) is 0 Å². The van der Waals surface area contributed by atoms with Crippen molar-refractivity contribution in [1.29, 1.82) is 0 Å². The highest BCUT2D eigenvalue weighted by Crippen LogP contribution is 2.35. The lowest BCUT2D eigenvalue weighted by Crippen LogP contribution is -2.56. The molecule has 26 heavy (non-hydrogen) atoms. The van der Waals surface area contributed by atoms with Crippen LogP contribution >= 0.6 is 15.9 Å². The number of ether oxygens (including phenoxy) is 1. The van der Waals surface area contributed by atoms with E-state index < -0.39 is 5.60 Å². The van der Waals surface area contributed by atoms with Crippen molar-refractivity contribution in [1.82, 2.24) is 4.90 Å². The van der Waals surface area contributed by atoms with Crippen molar-refractivity contribution in [2.45, 2.75) is 51.3 Å². The van der Waals surface area contributed by atoms with E-state index >= 15 is 0 Å². The number of hydrogen-bond donors (Lipinski definition) is 0. The Morgan fingerprint density at radius 3 is 2.31 bits per heavy atom. The summed E-state index contributed by atoms with van der Waals surface area (Å²) in [7, 11) is 0. The first-order chi connectivity index (χ1) is 12.3. The van der Waals surface area contributed by atoms with Crippen LogP contribution in [0.2, 0.25) is 0 Å². The molecule has 4 nitrogen and oxygen atoms in total. The van der Waals surface area contributed by atoms with Gasteiger partial charge in [0.2, 0.25) is 0 Å². The molecule has 2 aliphatic rings. The third-order valence-corrected chi connectivity index (χ3v) is 5.73. The molecule has 4 rings (SSSR count). The molecule has 5 heteroatoms. The van der Waals surface area contributed by atoms with Crippen LogP contribution in [0.4, 0.5) is 10.5 Å². The lowest BCUT2D eigenvalue weighted by molar-refractivity contribution is 0.0123. The highest BCUT2D eigenvalue weighted by atomic mass is 79.9. The van der Waals surface area contributed by atoms with Gasteiger partial charge in [0.15, 0.2) is 0 Å². The van der Waals surface area contributed by atoms with Gasteiger partial charge in [-0.2, -0.15) is 0 Å². The van der Waals surface area contributed by atoms with Gasteiger partial charge in [-0.3, -0.25) is 4.90 Å². The minimum absolute atomic E-state index is 0.159. The number of piperazine rings is 1. The SMILES string of the molecule is CC(C)(C)OC(=O)N1C2CCC1CN(c1ccc3cc(Br)ccc3c1)C2. The van der Waals surface area contributed by atoms with Crippen LogP contribution in [-0.2, 0) is 4.74 Å². The maximum absolute atomic E-state index is 12.6. The van der Waals surface area contributed by atoms with Gasteiger partial charge < -0.3 is 9.64 Å². The Labute approximate surface area is 163 Å². The summed E-state index contributed by atoms with van der Waals surface area (Å²) in [4.78, 5) is 17.0. The number of amides is 1. The van der Waals surface area contributed by atoms with Gasteiger partial charge in [-0.1, -0.05) is 28.1 Å². The Balaban J connectivity index is 1.53. The monoisotopic (exact) mass is 416 g/mol. The molecule has 2 aliphatic heterocycles. The number of carbonyl (C=O) groups is 1. The zero-order valence-corrected chi connectivity index (χ0v) is 17.1. The molecule has 2 saturated heterocycles. The van der Waals surface area contributed by atoms with Gasteiger partial charge in [-0.15, -0.1) is 0 Å². The van der Waals surface area contributed by atoms with Gasteiger partial charge in [-0.25, -0.2) is 4.79 Å². The maximum atomic E-state index is 12.6. The molecular formula is C21H25BrN2O2. The fraction of sp³-hybridized carbons (Fsp3) is 0.476. The number of rotatable bonds is 1. The summed E-state index contributed by atoms with van der Waals surface area (Å²) in [6.45, 7) is 7.53. The molecule has 0 radical (unpaired) electrons. The molecule has 0 spiro atoms. The Bertz CT molecular complexity index is 832. The summed E-state index contributed by atoms with van der Waals surface area (Å²) in [5.41, 5.74) is 0.792. The molecule has 2 bridgehead atoms. The summed E-state index contributed by atoms with van der Waals surface area (Å²) in [5.74, 6) is 0. The first kappa shape index (κ1) is 17.7. The van der Waals surface area contributed by atoms with Crippen molar-refractivity contribution < 1.29 is 9.53 Å². The summed E-state index contributed by atoms with van der Waals surface area (Å²) in [5, 5.41) is 2.48. The van der Waals surface area contributed by atoms with Crippen molar-refractivity contribution in [3.63, 3.8) is 0 Å². The first-order valence-corrected chi connectivity index (χ1v) is 10.0. The van der Waals surface area contributed by atoms with Crippen molar-refractivity contribution in [2.24, 2.45) is 0 Å². The van der Waals surface area contributed by atoms with E-state index in [1.807, 2.05) is 25.7 Å². The van der Waals surface area contributed by atoms with Crippen LogP contribution in [0.3, 0.4) is 0 Å². The number of halogens is 1. The molecule has 0 saturated carbocycles. The van der Waals surface area contributed by atoms with E-state index in [0.29, 0.717) is 0 Å². The van der Waals surface area contributed by atoms with Gasteiger partial charge in [0, 0.05) is 23.2 Å². The average Bonchev–Trinajstić information content (AvgIpc) is 2.83. The Kier molecular flexibility index (Phi) is 4.38. The second-order valence-corrected chi connectivity index (χ2v) is 9.27. The van der Waals surface area contributed by atoms with E-state index in [-0.39, 0.29) is 18.2 Å². The molecule has 0 aliphatic carbocycles. The van der Waals surface area contributed by atoms with E-state index in [4.69, 9.17) is 4.74 Å². The predicted molar refractivity (Wildman–Crippen MR) is 109 cm³/mol. The second-order valence-electron chi connectivity index (χ2n) is 8.35. The topological polar surface area (TPSA) is 32.8 Å². The third-order valence-electron chi connectivity index (χ3n) is 5.24. The van der Waals surface area contributed by atoms with Gasteiger partial charge in [0.05, 0.1) is 12.1 Å². The van der Waals surface area contributed by atoms with Gasteiger partial charge in [0.1, 0.15) is 5.60 Å². The molecule has 0 aromatic heterocycles. The zero-order chi connectivity index (χ0) is 18.5. The van der Waals surface area contributed by atoms with Crippen LogP contribution in [0, 0.1) is 0 Å². The van der Waals surface area contributed by atoms with Crippen molar-refractivity contribution >= 4 is 38.5 Å². The van der Waals surface area contributed by atoms with E-state index in [1.165, 1.54) is 16.5 Å². The lowest BCUT2D eigenvalue weighted by Gasteiger charge is -2.42. The van der Waals surface area contributed by atoms with E-state index in [2.05, 4.69) is 57.2 Å². The minimum atomic E-state index is -0.444. The Morgan fingerprint density at radius 2 is 1.65 bits per heavy atom. The average molecular weight is 417 g/mol. The van der Waals surface area contributed by atoms with Gasteiger partial charge in [-0.05, 0) is 68.7 Å². The second kappa shape index (κ2) is 6.45. The first-order valence-electron chi connectivity index (χ1n) is 9.26. The molecule has 2 aromatic carbocycles. The van der Waals surface area contributed by atoms with E-state index in [1.54, 1.807) is 0 Å². The standard InChI is InChI=1S/C21H25BrN2O2/c1-21(2,3)26-20(25)24-18-8-9-19(24)13-23(12-18)17-7-5-14-10-16(22)6-4-15(14)11-17/h4-7,10-11,18-19H,8-9,12-13H2,1-3H3. The highest BCUT2D eigenvalue weighted by Gasteiger charge is 2.44. The molecule has 2 unspecified atom stereocenters. The summed E-state index contributed by atoms with van der Waals surface area (Å²) in [6.07, 6.45) is 1.95. The summed E-state index contributed by atoms with van der Waals surface area (Å²) in [6, 6.07) is 13.5. The fourth-order valence-electron chi connectivity index (χ4n) is 4.13. The van der Waals surface area contributed by atoms with E-state index in [9.17, 15) is 4.79 Å². The van der Waals surface area contributed by atoms with Gasteiger partial charge >= 0.3 is 6.09 Å². The Morgan fingerprint density at radius 1 is 1.04 bits per heavy atom. The van der Waals surface area contributed by atoms with Crippen LogP contribution in [0.15, 0.2) is 40.9 Å². The molecule has 2 atom stereocenters. The van der Waals surface area contributed by atoms with Crippen LogP contribution < -0.4 is 4.90 Å². The molecule has 0 N–H and O–H groups in total. The van der Waals surface area contributed by atoms with Gasteiger partial charge in [0.25, 0.3) is 0 Å². The summed E-state index contributed by atoms with van der Waals surface area (Å²) >= 11 is 3.53. The number of carbonyl (C=O) groups excluding carboxylic acids is 1. The number of nitrogens with zero attached hydrogens (tertiary/aromatic N) is 2. The summed E-state index contributed by atoms with van der Waals surface area (Å²) < 4.78 is 6.73. The Hall–Kier alpha value is -1.75. The maximum Gasteiger partial charge on any atom is 0.410 e. The quantitative estimate of drug-likeness (QED) is 0.640. The van der Waals surface area contributed by atoms with Crippen LogP contribution in [-0.4, -0.2) is 41.8 Å².